The summed E-state index contributed by atoms with van der Waals surface area (Å²) >= 11 is 0. The Morgan fingerprint density at radius 1 is 1.15 bits per heavy atom. The van der Waals surface area contributed by atoms with Crippen molar-refractivity contribution in [3.05, 3.63) is 0 Å². The predicted molar refractivity (Wildman–Crippen MR) is 75.5 cm³/mol. The molecule has 1 amide bonds. The minimum absolute atomic E-state index is 0.192. The maximum absolute atomic E-state index is 12.0. The second-order valence-corrected chi connectivity index (χ2v) is 6.87. The van der Waals surface area contributed by atoms with Crippen molar-refractivity contribution < 1.29 is 19.0 Å². The maximum atomic E-state index is 12.0. The van der Waals surface area contributed by atoms with Gasteiger partial charge < -0.3 is 19.5 Å². The van der Waals surface area contributed by atoms with Gasteiger partial charge in [0.05, 0.1) is 13.2 Å². The summed E-state index contributed by atoms with van der Waals surface area (Å²) in [6.07, 6.45) is 3.95. The summed E-state index contributed by atoms with van der Waals surface area (Å²) in [4.78, 5) is 12.0. The number of rotatable bonds is 2. The first kappa shape index (κ1) is 15.6. The third-order valence-electron chi connectivity index (χ3n) is 4.23. The van der Waals surface area contributed by atoms with Gasteiger partial charge in [0.2, 0.25) is 0 Å². The highest BCUT2D eigenvalue weighted by atomic mass is 16.7. The molecular formula is C15H27NO4. The molecule has 2 rings (SSSR count). The van der Waals surface area contributed by atoms with Crippen LogP contribution in [0.1, 0.15) is 59.8 Å². The van der Waals surface area contributed by atoms with Gasteiger partial charge in [-0.2, -0.15) is 0 Å². The first-order valence-electron chi connectivity index (χ1n) is 7.57. The van der Waals surface area contributed by atoms with Crippen molar-refractivity contribution in [1.82, 2.24) is 5.32 Å². The Morgan fingerprint density at radius 3 is 2.15 bits per heavy atom. The van der Waals surface area contributed by atoms with E-state index in [0.29, 0.717) is 13.2 Å². The SMILES string of the molecule is CCC1(NC(=O)OC(C)(C)C)CCC2(CC1)OCCO2. The van der Waals surface area contributed by atoms with Gasteiger partial charge in [0, 0.05) is 18.4 Å². The third-order valence-corrected chi connectivity index (χ3v) is 4.23. The lowest BCUT2D eigenvalue weighted by Crippen LogP contribution is -2.54. The summed E-state index contributed by atoms with van der Waals surface area (Å²) < 4.78 is 16.8. The molecule has 1 spiro atoms. The number of ether oxygens (including phenoxy) is 3. The zero-order valence-corrected chi connectivity index (χ0v) is 13.1. The van der Waals surface area contributed by atoms with Gasteiger partial charge in [-0.3, -0.25) is 0 Å². The molecule has 0 radical (unpaired) electrons. The lowest BCUT2D eigenvalue weighted by atomic mass is 9.77. The summed E-state index contributed by atoms with van der Waals surface area (Å²) in [5, 5.41) is 3.07. The van der Waals surface area contributed by atoms with Gasteiger partial charge >= 0.3 is 6.09 Å². The van der Waals surface area contributed by atoms with E-state index in [0.717, 1.165) is 32.1 Å². The molecule has 5 nitrogen and oxygen atoms in total. The van der Waals surface area contributed by atoms with Crippen LogP contribution in [0.3, 0.4) is 0 Å². The molecule has 1 aliphatic heterocycles. The normalized spacial score (nSPS) is 24.6. The number of hydrogen-bond acceptors (Lipinski definition) is 4. The zero-order chi connectivity index (χ0) is 14.9. The van der Waals surface area contributed by atoms with E-state index >= 15 is 0 Å². The van der Waals surface area contributed by atoms with E-state index in [4.69, 9.17) is 14.2 Å². The summed E-state index contributed by atoms with van der Waals surface area (Å²) in [6.45, 7) is 9.09. The van der Waals surface area contributed by atoms with Gasteiger partial charge in [0.15, 0.2) is 5.79 Å². The van der Waals surface area contributed by atoms with Crippen LogP contribution in [0.4, 0.5) is 4.79 Å². The summed E-state index contributed by atoms with van der Waals surface area (Å²) in [7, 11) is 0. The van der Waals surface area contributed by atoms with Crippen molar-refractivity contribution in [2.45, 2.75) is 76.7 Å². The molecule has 0 unspecified atom stereocenters. The standard InChI is InChI=1S/C15H27NO4/c1-5-14(16-12(17)20-13(2,3)4)6-8-15(9-7-14)18-10-11-19-15/h5-11H2,1-4H3,(H,16,17). The van der Waals surface area contributed by atoms with Gasteiger partial charge in [-0.25, -0.2) is 4.79 Å². The Kier molecular flexibility index (Phi) is 4.30. The van der Waals surface area contributed by atoms with Crippen LogP contribution in [0.5, 0.6) is 0 Å². The first-order chi connectivity index (χ1) is 9.28. The number of carbonyl (C=O) groups is 1. The molecule has 20 heavy (non-hydrogen) atoms. The Hall–Kier alpha value is -0.810. The molecule has 0 aromatic rings. The average molecular weight is 285 g/mol. The third kappa shape index (κ3) is 3.64. The molecule has 1 N–H and O–H groups in total. The minimum Gasteiger partial charge on any atom is -0.444 e. The molecule has 1 heterocycles. The summed E-state index contributed by atoms with van der Waals surface area (Å²) in [6, 6.07) is 0. The Bertz CT molecular complexity index is 345. The van der Waals surface area contributed by atoms with Gasteiger partial charge in [-0.1, -0.05) is 6.92 Å². The molecule has 0 aromatic heterocycles. The van der Waals surface area contributed by atoms with Crippen LogP contribution >= 0.6 is 0 Å². The molecule has 2 fully saturated rings. The predicted octanol–water partition coefficient (Wildman–Crippen LogP) is 2.98. The van der Waals surface area contributed by atoms with Crippen LogP contribution in [0.2, 0.25) is 0 Å². The summed E-state index contributed by atoms with van der Waals surface area (Å²) in [5.41, 5.74) is -0.657. The lowest BCUT2D eigenvalue weighted by molar-refractivity contribution is -0.186. The smallest absolute Gasteiger partial charge is 0.408 e. The van der Waals surface area contributed by atoms with Gasteiger partial charge in [-0.05, 0) is 40.0 Å². The highest BCUT2D eigenvalue weighted by Crippen LogP contribution is 2.41. The lowest BCUT2D eigenvalue weighted by Gasteiger charge is -2.43. The number of carbonyl (C=O) groups excluding carboxylic acids is 1. The van der Waals surface area contributed by atoms with Crippen molar-refractivity contribution in [3.8, 4) is 0 Å². The molecule has 0 atom stereocenters. The van der Waals surface area contributed by atoms with Crippen molar-refractivity contribution in [2.75, 3.05) is 13.2 Å². The van der Waals surface area contributed by atoms with Gasteiger partial charge in [0.1, 0.15) is 5.60 Å². The van der Waals surface area contributed by atoms with E-state index in [1.54, 1.807) is 0 Å². The minimum atomic E-state index is -0.466. The number of nitrogens with one attached hydrogen (secondary N) is 1. The molecule has 1 saturated carbocycles. The molecule has 0 aromatic carbocycles. The van der Waals surface area contributed by atoms with Crippen molar-refractivity contribution in [1.29, 1.82) is 0 Å². The molecule has 1 saturated heterocycles. The Labute approximate surface area is 121 Å². The molecule has 5 heteroatoms. The zero-order valence-electron chi connectivity index (χ0n) is 13.1. The second kappa shape index (κ2) is 5.53. The Balaban J connectivity index is 1.93. The number of hydrogen-bond donors (Lipinski definition) is 1. The van der Waals surface area contributed by atoms with Crippen LogP contribution < -0.4 is 5.32 Å². The van der Waals surface area contributed by atoms with Crippen LogP contribution in [0.25, 0.3) is 0 Å². The van der Waals surface area contributed by atoms with Crippen molar-refractivity contribution >= 4 is 6.09 Å². The van der Waals surface area contributed by atoms with Gasteiger partial charge in [0.25, 0.3) is 0 Å². The fraction of sp³-hybridized carbons (Fsp3) is 0.933. The monoisotopic (exact) mass is 285 g/mol. The van der Waals surface area contributed by atoms with Gasteiger partial charge in [-0.15, -0.1) is 0 Å². The molecule has 2 aliphatic rings. The molecule has 116 valence electrons. The molecular weight excluding hydrogens is 258 g/mol. The molecule has 0 bridgehead atoms. The van der Waals surface area contributed by atoms with E-state index in [1.807, 2.05) is 20.8 Å². The van der Waals surface area contributed by atoms with Crippen LogP contribution in [-0.4, -0.2) is 36.2 Å². The Morgan fingerprint density at radius 2 is 1.70 bits per heavy atom. The highest BCUT2D eigenvalue weighted by molar-refractivity contribution is 5.68. The topological polar surface area (TPSA) is 56.8 Å². The van der Waals surface area contributed by atoms with E-state index in [9.17, 15) is 4.79 Å². The first-order valence-corrected chi connectivity index (χ1v) is 7.57. The maximum Gasteiger partial charge on any atom is 0.408 e. The average Bonchev–Trinajstić information content (AvgIpc) is 2.79. The van der Waals surface area contributed by atoms with Crippen molar-refractivity contribution in [2.24, 2.45) is 0 Å². The van der Waals surface area contributed by atoms with E-state index in [-0.39, 0.29) is 11.6 Å². The van der Waals surface area contributed by atoms with Crippen LogP contribution in [-0.2, 0) is 14.2 Å². The molecule has 1 aliphatic carbocycles. The van der Waals surface area contributed by atoms with E-state index in [1.165, 1.54) is 0 Å². The quantitative estimate of drug-likeness (QED) is 0.847. The highest BCUT2D eigenvalue weighted by Gasteiger charge is 2.46. The number of alkyl carbamates (subject to hydrolysis) is 1. The van der Waals surface area contributed by atoms with E-state index < -0.39 is 11.4 Å². The van der Waals surface area contributed by atoms with Crippen molar-refractivity contribution in [3.63, 3.8) is 0 Å². The number of amides is 1. The largest absolute Gasteiger partial charge is 0.444 e. The fourth-order valence-corrected chi connectivity index (χ4v) is 2.98. The summed E-state index contributed by atoms with van der Waals surface area (Å²) in [5.74, 6) is -0.395. The van der Waals surface area contributed by atoms with Crippen LogP contribution in [0, 0.1) is 0 Å². The second-order valence-electron chi connectivity index (χ2n) is 6.87. The van der Waals surface area contributed by atoms with E-state index in [2.05, 4.69) is 12.2 Å². The fourth-order valence-electron chi connectivity index (χ4n) is 2.98. The van der Waals surface area contributed by atoms with Crippen LogP contribution in [0.15, 0.2) is 0 Å².